The molecule has 1 amide bonds. The standard InChI is InChI=1S/C17H17FN4O3/c1-25-17(24)11-4-2-9(6-12(11)18)15-16(19)21-8-13(22-15)10-3-5-14(23)20-7-10/h2,4,6,8,10H,3,5,7H2,1H3,(H2,19,21)(H,20,23). The molecular weight excluding hydrogens is 327 g/mol. The molecule has 1 fully saturated rings. The van der Waals surface area contributed by atoms with Gasteiger partial charge in [-0.25, -0.2) is 19.2 Å². The zero-order chi connectivity index (χ0) is 18.0. The summed E-state index contributed by atoms with van der Waals surface area (Å²) in [6, 6.07) is 4.05. The minimum Gasteiger partial charge on any atom is -0.465 e. The number of aromatic nitrogens is 2. The van der Waals surface area contributed by atoms with Crippen LogP contribution >= 0.6 is 0 Å². The number of methoxy groups -OCH3 is 1. The number of hydrogen-bond donors (Lipinski definition) is 2. The Morgan fingerprint density at radius 1 is 1.44 bits per heavy atom. The summed E-state index contributed by atoms with van der Waals surface area (Å²) >= 11 is 0. The van der Waals surface area contributed by atoms with Gasteiger partial charge in [-0.3, -0.25) is 4.79 Å². The lowest BCUT2D eigenvalue weighted by Gasteiger charge is -2.22. The van der Waals surface area contributed by atoms with E-state index < -0.39 is 11.8 Å². The number of benzene rings is 1. The number of anilines is 1. The molecule has 3 N–H and O–H groups in total. The van der Waals surface area contributed by atoms with Crippen LogP contribution in [-0.4, -0.2) is 35.5 Å². The number of amides is 1. The second-order valence-corrected chi connectivity index (χ2v) is 5.75. The van der Waals surface area contributed by atoms with Gasteiger partial charge in [0.2, 0.25) is 5.91 Å². The molecule has 0 radical (unpaired) electrons. The molecule has 1 aliphatic rings. The number of carbonyl (C=O) groups excluding carboxylic acids is 2. The van der Waals surface area contributed by atoms with E-state index in [0.717, 1.165) is 0 Å². The number of carbonyl (C=O) groups is 2. The van der Waals surface area contributed by atoms with Gasteiger partial charge >= 0.3 is 5.97 Å². The average Bonchev–Trinajstić information content (AvgIpc) is 2.62. The number of nitrogens with zero attached hydrogens (tertiary/aromatic N) is 2. The molecule has 1 saturated heterocycles. The van der Waals surface area contributed by atoms with Crippen molar-refractivity contribution in [3.63, 3.8) is 0 Å². The zero-order valence-electron chi connectivity index (χ0n) is 13.6. The number of nitrogens with one attached hydrogen (secondary N) is 1. The van der Waals surface area contributed by atoms with Crippen molar-refractivity contribution in [2.75, 3.05) is 19.4 Å². The predicted octanol–water partition coefficient (Wildman–Crippen LogP) is 1.65. The van der Waals surface area contributed by atoms with Crippen molar-refractivity contribution in [2.24, 2.45) is 0 Å². The Hall–Kier alpha value is -3.03. The predicted molar refractivity (Wildman–Crippen MR) is 88.2 cm³/mol. The Morgan fingerprint density at radius 3 is 2.88 bits per heavy atom. The quantitative estimate of drug-likeness (QED) is 0.820. The fraction of sp³-hybridized carbons (Fsp3) is 0.294. The summed E-state index contributed by atoms with van der Waals surface area (Å²) in [7, 11) is 1.19. The minimum absolute atomic E-state index is 0.0142. The average molecular weight is 344 g/mol. The molecule has 1 aliphatic heterocycles. The molecule has 25 heavy (non-hydrogen) atoms. The van der Waals surface area contributed by atoms with Crippen LogP contribution < -0.4 is 11.1 Å². The minimum atomic E-state index is -0.755. The van der Waals surface area contributed by atoms with E-state index in [4.69, 9.17) is 5.73 Å². The van der Waals surface area contributed by atoms with Crippen molar-refractivity contribution in [3.8, 4) is 11.3 Å². The van der Waals surface area contributed by atoms with Gasteiger partial charge in [-0.15, -0.1) is 0 Å². The highest BCUT2D eigenvalue weighted by atomic mass is 19.1. The molecule has 1 aromatic carbocycles. The summed E-state index contributed by atoms with van der Waals surface area (Å²) in [5.41, 5.74) is 7.16. The fourth-order valence-corrected chi connectivity index (χ4v) is 2.74. The van der Waals surface area contributed by atoms with Crippen molar-refractivity contribution < 1.29 is 18.7 Å². The third-order valence-corrected chi connectivity index (χ3v) is 4.15. The largest absolute Gasteiger partial charge is 0.465 e. The van der Waals surface area contributed by atoms with E-state index in [0.29, 0.717) is 36.3 Å². The summed E-state index contributed by atoms with van der Waals surface area (Å²) in [6.45, 7) is 0.479. The van der Waals surface area contributed by atoms with Crippen LogP contribution in [0.25, 0.3) is 11.3 Å². The van der Waals surface area contributed by atoms with Gasteiger partial charge in [-0.2, -0.15) is 0 Å². The van der Waals surface area contributed by atoms with Gasteiger partial charge in [0.1, 0.15) is 17.3 Å². The highest BCUT2D eigenvalue weighted by Gasteiger charge is 2.22. The Labute approximate surface area is 143 Å². The number of halogens is 1. The molecule has 0 saturated carbocycles. The molecule has 1 aromatic heterocycles. The Bertz CT molecular complexity index is 831. The molecule has 130 valence electrons. The van der Waals surface area contributed by atoms with Gasteiger partial charge < -0.3 is 15.8 Å². The molecule has 1 atom stereocenters. The van der Waals surface area contributed by atoms with Crippen molar-refractivity contribution in [1.82, 2.24) is 15.3 Å². The number of ether oxygens (including phenoxy) is 1. The lowest BCUT2D eigenvalue weighted by Crippen LogP contribution is -2.34. The van der Waals surface area contributed by atoms with Crippen LogP contribution in [0.2, 0.25) is 0 Å². The zero-order valence-corrected chi connectivity index (χ0v) is 13.6. The molecule has 2 heterocycles. The van der Waals surface area contributed by atoms with Crippen LogP contribution in [0.15, 0.2) is 24.4 Å². The van der Waals surface area contributed by atoms with Crippen LogP contribution in [0.3, 0.4) is 0 Å². The van der Waals surface area contributed by atoms with Gasteiger partial charge in [0, 0.05) is 24.4 Å². The number of hydrogen-bond acceptors (Lipinski definition) is 6. The van der Waals surface area contributed by atoms with Crippen LogP contribution in [0.4, 0.5) is 10.2 Å². The van der Waals surface area contributed by atoms with Crippen LogP contribution in [-0.2, 0) is 9.53 Å². The number of nitrogens with two attached hydrogens (primary N) is 1. The first kappa shape index (κ1) is 16.8. The molecular formula is C17H17FN4O3. The molecule has 1 unspecified atom stereocenters. The monoisotopic (exact) mass is 344 g/mol. The fourth-order valence-electron chi connectivity index (χ4n) is 2.74. The second kappa shape index (κ2) is 6.84. The van der Waals surface area contributed by atoms with Crippen LogP contribution in [0.1, 0.15) is 34.8 Å². The third kappa shape index (κ3) is 3.42. The highest BCUT2D eigenvalue weighted by Crippen LogP contribution is 2.28. The number of esters is 1. The number of piperidine rings is 1. The first-order chi connectivity index (χ1) is 12.0. The molecule has 3 rings (SSSR count). The van der Waals surface area contributed by atoms with Gasteiger partial charge in [-0.05, 0) is 18.6 Å². The molecule has 8 heteroatoms. The summed E-state index contributed by atoms with van der Waals surface area (Å²) in [5, 5.41) is 2.79. The van der Waals surface area contributed by atoms with Crippen LogP contribution in [0.5, 0.6) is 0 Å². The normalized spacial score (nSPS) is 17.0. The van der Waals surface area contributed by atoms with Crippen molar-refractivity contribution >= 4 is 17.7 Å². The Balaban J connectivity index is 1.94. The maximum atomic E-state index is 14.2. The summed E-state index contributed by atoms with van der Waals surface area (Å²) in [6.07, 6.45) is 2.66. The van der Waals surface area contributed by atoms with Gasteiger partial charge in [0.15, 0.2) is 0 Å². The first-order valence-corrected chi connectivity index (χ1v) is 7.77. The van der Waals surface area contributed by atoms with E-state index in [-0.39, 0.29) is 23.2 Å². The van der Waals surface area contributed by atoms with Crippen LogP contribution in [0, 0.1) is 5.82 Å². The molecule has 0 bridgehead atoms. The maximum Gasteiger partial charge on any atom is 0.340 e. The number of nitrogen functional groups attached to an aromatic ring is 1. The van der Waals surface area contributed by atoms with E-state index in [1.807, 2.05) is 0 Å². The third-order valence-electron chi connectivity index (χ3n) is 4.15. The smallest absolute Gasteiger partial charge is 0.340 e. The molecule has 2 aromatic rings. The summed E-state index contributed by atoms with van der Waals surface area (Å²) in [5.74, 6) is -1.27. The first-order valence-electron chi connectivity index (χ1n) is 7.77. The van der Waals surface area contributed by atoms with Crippen molar-refractivity contribution in [1.29, 1.82) is 0 Å². The lowest BCUT2D eigenvalue weighted by molar-refractivity contribution is -0.122. The van der Waals surface area contributed by atoms with E-state index in [9.17, 15) is 14.0 Å². The summed E-state index contributed by atoms with van der Waals surface area (Å²) < 4.78 is 18.7. The SMILES string of the molecule is COC(=O)c1ccc(-c2nc(C3CCC(=O)NC3)cnc2N)cc1F. The topological polar surface area (TPSA) is 107 Å². The van der Waals surface area contributed by atoms with Gasteiger partial charge in [-0.1, -0.05) is 6.07 Å². The summed E-state index contributed by atoms with van der Waals surface area (Å²) in [4.78, 5) is 31.4. The van der Waals surface area contributed by atoms with Gasteiger partial charge in [0.25, 0.3) is 0 Å². The van der Waals surface area contributed by atoms with E-state index in [2.05, 4.69) is 20.0 Å². The lowest BCUT2D eigenvalue weighted by atomic mass is 9.96. The van der Waals surface area contributed by atoms with E-state index in [1.54, 1.807) is 12.3 Å². The van der Waals surface area contributed by atoms with Gasteiger partial charge in [0.05, 0.1) is 24.6 Å². The molecule has 0 aliphatic carbocycles. The Kier molecular flexibility index (Phi) is 4.60. The highest BCUT2D eigenvalue weighted by molar-refractivity contribution is 5.90. The number of rotatable bonds is 3. The molecule has 7 nitrogen and oxygen atoms in total. The van der Waals surface area contributed by atoms with E-state index >= 15 is 0 Å². The van der Waals surface area contributed by atoms with Crippen molar-refractivity contribution in [3.05, 3.63) is 41.5 Å². The second-order valence-electron chi connectivity index (χ2n) is 5.75. The molecule has 0 spiro atoms. The Morgan fingerprint density at radius 2 is 2.24 bits per heavy atom. The maximum absolute atomic E-state index is 14.2. The van der Waals surface area contributed by atoms with E-state index in [1.165, 1.54) is 19.2 Å². The van der Waals surface area contributed by atoms with Crippen molar-refractivity contribution in [2.45, 2.75) is 18.8 Å².